The van der Waals surface area contributed by atoms with Gasteiger partial charge in [0.1, 0.15) is 0 Å². The van der Waals surface area contributed by atoms with Gasteiger partial charge in [-0.3, -0.25) is 15.5 Å². The molecule has 2 aromatic rings. The normalized spacial score (nSPS) is 10.7. The van der Waals surface area contributed by atoms with Gasteiger partial charge < -0.3 is 5.73 Å². The van der Waals surface area contributed by atoms with E-state index >= 15 is 0 Å². The lowest BCUT2D eigenvalue weighted by molar-refractivity contribution is -0.115. The molecule has 0 heterocycles. The summed E-state index contributed by atoms with van der Waals surface area (Å²) in [6.07, 6.45) is 3.07. The zero-order valence-corrected chi connectivity index (χ0v) is 9.68. The lowest BCUT2D eigenvalue weighted by Gasteiger charge is -2.01. The number of hydrogen-bond donors (Lipinski definition) is 3. The van der Waals surface area contributed by atoms with Crippen molar-refractivity contribution in [2.24, 2.45) is 5.73 Å². The van der Waals surface area contributed by atoms with Gasteiger partial charge in [0.2, 0.25) is 0 Å². The smallest absolute Gasteiger partial charge is 0.250 e. The first-order chi connectivity index (χ1) is 8.66. The highest BCUT2D eigenvalue weighted by Gasteiger charge is 1.99. The Morgan fingerprint density at radius 3 is 2.67 bits per heavy atom. The van der Waals surface area contributed by atoms with Gasteiger partial charge in [-0.1, -0.05) is 42.5 Å². The molecule has 90 valence electrons. The minimum atomic E-state index is -0.407. The van der Waals surface area contributed by atoms with E-state index in [1.165, 1.54) is 6.08 Å². The fourth-order valence-corrected chi connectivity index (χ4v) is 1.74. The molecule has 0 saturated heterocycles. The van der Waals surface area contributed by atoms with Crippen LogP contribution in [0.25, 0.3) is 16.8 Å². The molecule has 4 heteroatoms. The van der Waals surface area contributed by atoms with Crippen molar-refractivity contribution in [1.82, 2.24) is 5.32 Å². The summed E-state index contributed by atoms with van der Waals surface area (Å²) in [5, 5.41) is 11.3. The summed E-state index contributed by atoms with van der Waals surface area (Å²) in [7, 11) is 0. The van der Waals surface area contributed by atoms with E-state index in [-0.39, 0.29) is 5.96 Å². The molecule has 0 bridgehead atoms. The van der Waals surface area contributed by atoms with Crippen LogP contribution in [0.5, 0.6) is 0 Å². The fourth-order valence-electron chi connectivity index (χ4n) is 1.74. The summed E-state index contributed by atoms with van der Waals surface area (Å²) in [6.45, 7) is 0. The number of carbonyl (C=O) groups excluding carboxylic acids is 1. The highest BCUT2D eigenvalue weighted by molar-refractivity contribution is 6.03. The quantitative estimate of drug-likeness (QED) is 0.425. The van der Waals surface area contributed by atoms with Gasteiger partial charge in [0, 0.05) is 6.08 Å². The van der Waals surface area contributed by atoms with Crippen molar-refractivity contribution < 1.29 is 4.79 Å². The van der Waals surface area contributed by atoms with Crippen molar-refractivity contribution in [2.45, 2.75) is 0 Å². The number of carbonyl (C=O) groups is 1. The number of hydrogen-bond acceptors (Lipinski definition) is 2. The molecule has 2 rings (SSSR count). The molecule has 0 aliphatic rings. The highest BCUT2D eigenvalue weighted by Crippen LogP contribution is 2.19. The minimum absolute atomic E-state index is 0.359. The van der Waals surface area contributed by atoms with Gasteiger partial charge in [-0.05, 0) is 22.4 Å². The number of amides is 1. The van der Waals surface area contributed by atoms with Crippen LogP contribution in [0.15, 0.2) is 48.5 Å². The second kappa shape index (κ2) is 5.14. The predicted octanol–water partition coefficient (Wildman–Crippen LogP) is 1.86. The zero-order valence-electron chi connectivity index (χ0n) is 9.68. The van der Waals surface area contributed by atoms with Crippen LogP contribution in [0.1, 0.15) is 5.56 Å². The van der Waals surface area contributed by atoms with E-state index in [1.54, 1.807) is 6.08 Å². The van der Waals surface area contributed by atoms with E-state index in [4.69, 9.17) is 11.1 Å². The van der Waals surface area contributed by atoms with E-state index < -0.39 is 5.91 Å². The summed E-state index contributed by atoms with van der Waals surface area (Å²) < 4.78 is 0. The molecule has 0 aliphatic carbocycles. The Hall–Kier alpha value is -2.62. The molecule has 0 radical (unpaired) electrons. The highest BCUT2D eigenvalue weighted by atomic mass is 16.1. The van der Waals surface area contributed by atoms with Crippen LogP contribution in [-0.2, 0) is 4.79 Å². The molecule has 4 nitrogen and oxygen atoms in total. The van der Waals surface area contributed by atoms with E-state index in [0.29, 0.717) is 0 Å². The van der Waals surface area contributed by atoms with Gasteiger partial charge in [0.05, 0.1) is 0 Å². The number of guanidine groups is 1. The SMILES string of the molecule is N=C(N)NC(=O)/C=C/c1cccc2ccccc12. The Morgan fingerprint density at radius 1 is 1.17 bits per heavy atom. The van der Waals surface area contributed by atoms with Gasteiger partial charge in [0.15, 0.2) is 5.96 Å². The van der Waals surface area contributed by atoms with Gasteiger partial charge in [-0.15, -0.1) is 0 Å². The van der Waals surface area contributed by atoms with Crippen molar-refractivity contribution in [3.63, 3.8) is 0 Å². The van der Waals surface area contributed by atoms with Crippen molar-refractivity contribution in [1.29, 1.82) is 5.41 Å². The van der Waals surface area contributed by atoms with Crippen LogP contribution in [0.3, 0.4) is 0 Å². The van der Waals surface area contributed by atoms with Crippen LogP contribution in [-0.4, -0.2) is 11.9 Å². The number of benzene rings is 2. The third-order valence-corrected chi connectivity index (χ3v) is 2.50. The van der Waals surface area contributed by atoms with Crippen LogP contribution in [0.4, 0.5) is 0 Å². The Kier molecular flexibility index (Phi) is 3.38. The zero-order chi connectivity index (χ0) is 13.0. The molecule has 4 N–H and O–H groups in total. The lowest BCUT2D eigenvalue weighted by Crippen LogP contribution is -2.34. The topological polar surface area (TPSA) is 79.0 Å². The van der Waals surface area contributed by atoms with Crippen molar-refractivity contribution in [3.05, 3.63) is 54.1 Å². The average molecular weight is 239 g/mol. The molecule has 0 spiro atoms. The van der Waals surface area contributed by atoms with Crippen LogP contribution >= 0.6 is 0 Å². The van der Waals surface area contributed by atoms with Gasteiger partial charge in [-0.25, -0.2) is 0 Å². The van der Waals surface area contributed by atoms with Gasteiger partial charge in [0.25, 0.3) is 5.91 Å². The third-order valence-electron chi connectivity index (χ3n) is 2.50. The molecular formula is C14H13N3O. The van der Waals surface area contributed by atoms with Crippen molar-refractivity contribution >= 4 is 28.7 Å². The first-order valence-electron chi connectivity index (χ1n) is 5.47. The maximum atomic E-state index is 11.3. The molecule has 0 aromatic heterocycles. The van der Waals surface area contributed by atoms with Crippen molar-refractivity contribution in [3.8, 4) is 0 Å². The van der Waals surface area contributed by atoms with E-state index in [1.807, 2.05) is 42.5 Å². The van der Waals surface area contributed by atoms with Crippen molar-refractivity contribution in [2.75, 3.05) is 0 Å². The second-order valence-electron chi connectivity index (χ2n) is 3.80. The molecule has 0 saturated carbocycles. The number of nitrogens with one attached hydrogen (secondary N) is 2. The first-order valence-corrected chi connectivity index (χ1v) is 5.47. The molecular weight excluding hydrogens is 226 g/mol. The fraction of sp³-hybridized carbons (Fsp3) is 0. The van der Waals surface area contributed by atoms with Crippen LogP contribution in [0, 0.1) is 5.41 Å². The third kappa shape index (κ3) is 2.74. The molecule has 18 heavy (non-hydrogen) atoms. The maximum absolute atomic E-state index is 11.3. The minimum Gasteiger partial charge on any atom is -0.370 e. The predicted molar refractivity (Wildman–Crippen MR) is 73.0 cm³/mol. The second-order valence-corrected chi connectivity index (χ2v) is 3.80. The Balaban J connectivity index is 2.29. The Labute approximate surface area is 105 Å². The summed E-state index contributed by atoms with van der Waals surface area (Å²) in [6, 6.07) is 13.8. The average Bonchev–Trinajstić information content (AvgIpc) is 2.35. The summed E-state index contributed by atoms with van der Waals surface area (Å²) in [5.74, 6) is -0.766. The molecule has 1 amide bonds. The molecule has 2 aromatic carbocycles. The Bertz CT molecular complexity index is 626. The summed E-state index contributed by atoms with van der Waals surface area (Å²) >= 11 is 0. The molecule has 0 aliphatic heterocycles. The van der Waals surface area contributed by atoms with Crippen LogP contribution in [0.2, 0.25) is 0 Å². The standard InChI is InChI=1S/C14H13N3O/c15-14(16)17-13(18)9-8-11-6-3-5-10-4-1-2-7-12(10)11/h1-9H,(H4,15,16,17,18)/b9-8+. The summed E-state index contributed by atoms with van der Waals surface area (Å²) in [4.78, 5) is 11.3. The number of fused-ring (bicyclic) bond motifs is 1. The molecule has 0 fully saturated rings. The molecule has 0 atom stereocenters. The number of nitrogens with two attached hydrogens (primary N) is 1. The van der Waals surface area contributed by atoms with E-state index in [0.717, 1.165) is 16.3 Å². The van der Waals surface area contributed by atoms with Gasteiger partial charge >= 0.3 is 0 Å². The largest absolute Gasteiger partial charge is 0.370 e. The first kappa shape index (κ1) is 11.9. The summed E-state index contributed by atoms with van der Waals surface area (Å²) in [5.41, 5.74) is 6.02. The van der Waals surface area contributed by atoms with Gasteiger partial charge in [-0.2, -0.15) is 0 Å². The maximum Gasteiger partial charge on any atom is 0.250 e. The lowest BCUT2D eigenvalue weighted by atomic mass is 10.0. The monoisotopic (exact) mass is 239 g/mol. The van der Waals surface area contributed by atoms with E-state index in [2.05, 4.69) is 5.32 Å². The van der Waals surface area contributed by atoms with Crippen LogP contribution < -0.4 is 11.1 Å². The Morgan fingerprint density at radius 2 is 1.89 bits per heavy atom. The van der Waals surface area contributed by atoms with E-state index in [9.17, 15) is 4.79 Å². The molecule has 0 unspecified atom stereocenters. The number of rotatable bonds is 2.